The lowest BCUT2D eigenvalue weighted by atomic mass is 9.70. The van der Waals surface area contributed by atoms with Gasteiger partial charge in [-0.15, -0.1) is 0 Å². The van der Waals surface area contributed by atoms with Crippen LogP contribution in [-0.4, -0.2) is 16.7 Å². The minimum atomic E-state index is 0.404. The van der Waals surface area contributed by atoms with Gasteiger partial charge in [0, 0.05) is 0 Å². The Bertz CT molecular complexity index is 315. The molecule has 0 aromatic carbocycles. The molecule has 2 saturated carbocycles. The molecule has 0 heterocycles. The lowest BCUT2D eigenvalue weighted by Gasteiger charge is -2.37. The van der Waals surface area contributed by atoms with E-state index in [1.807, 2.05) is 6.26 Å². The van der Waals surface area contributed by atoms with Gasteiger partial charge in [-0.05, 0) is 74.8 Å². The van der Waals surface area contributed by atoms with Crippen LogP contribution in [0.3, 0.4) is 0 Å². The lowest BCUT2D eigenvalue weighted by molar-refractivity contribution is 0.0893. The zero-order valence-electron chi connectivity index (χ0n) is 14.5. The van der Waals surface area contributed by atoms with Crippen LogP contribution >= 0.6 is 24.0 Å². The van der Waals surface area contributed by atoms with Crippen LogP contribution in [0.5, 0.6) is 0 Å². The van der Waals surface area contributed by atoms with Crippen LogP contribution in [-0.2, 0) is 4.74 Å². The van der Waals surface area contributed by atoms with Gasteiger partial charge in [0.25, 0.3) is 0 Å². The molecule has 0 saturated heterocycles. The summed E-state index contributed by atoms with van der Waals surface area (Å²) >= 11 is 6.75. The van der Waals surface area contributed by atoms with Crippen LogP contribution in [0.4, 0.5) is 0 Å². The first kappa shape index (κ1) is 18.6. The van der Waals surface area contributed by atoms with Gasteiger partial charge >= 0.3 is 0 Å². The maximum absolute atomic E-state index is 5.84. The second-order valence-corrected chi connectivity index (χ2v) is 8.79. The van der Waals surface area contributed by atoms with Crippen molar-refractivity contribution in [3.05, 3.63) is 0 Å². The first-order valence-corrected chi connectivity index (χ1v) is 11.1. The number of hydrogen-bond donors (Lipinski definition) is 0. The fourth-order valence-corrected chi connectivity index (χ4v) is 4.86. The average molecular weight is 343 g/mol. The molecule has 0 atom stereocenters. The average Bonchev–Trinajstić information content (AvgIpc) is 2.56. The highest BCUT2D eigenvalue weighted by atomic mass is 32.2. The number of thiocarbonyl (C=S) groups is 1. The summed E-state index contributed by atoms with van der Waals surface area (Å²) in [6, 6.07) is 0. The standard InChI is InChI=1S/C19H34OS2/c1-3-4-5-6-15-7-9-16(10-8-15)17-11-13-18(14-12-17)20-19(21)22-2/h15-18H,3-14H2,1-2H3. The minimum absolute atomic E-state index is 0.404. The van der Waals surface area contributed by atoms with Crippen molar-refractivity contribution in [1.82, 2.24) is 0 Å². The van der Waals surface area contributed by atoms with E-state index in [1.165, 1.54) is 77.0 Å². The Kier molecular flexibility index (Phi) is 8.59. The van der Waals surface area contributed by atoms with E-state index in [0.29, 0.717) is 6.10 Å². The molecule has 22 heavy (non-hydrogen) atoms. The molecule has 128 valence electrons. The Hall–Kier alpha value is 0.240. The molecule has 0 amide bonds. The van der Waals surface area contributed by atoms with Gasteiger partial charge in [0.15, 0.2) is 0 Å². The van der Waals surface area contributed by atoms with E-state index >= 15 is 0 Å². The maximum atomic E-state index is 5.84. The van der Waals surface area contributed by atoms with Crippen molar-refractivity contribution in [2.45, 2.75) is 90.1 Å². The normalized spacial score (nSPS) is 32.6. The smallest absolute Gasteiger partial charge is 0.219 e. The second kappa shape index (κ2) is 10.2. The summed E-state index contributed by atoms with van der Waals surface area (Å²) in [6.45, 7) is 2.31. The number of thioether (sulfide) groups is 1. The van der Waals surface area contributed by atoms with Crippen molar-refractivity contribution in [2.24, 2.45) is 17.8 Å². The summed E-state index contributed by atoms with van der Waals surface area (Å²) < 4.78 is 6.57. The molecule has 0 bridgehead atoms. The van der Waals surface area contributed by atoms with E-state index in [2.05, 4.69) is 6.92 Å². The van der Waals surface area contributed by atoms with Gasteiger partial charge in [-0.3, -0.25) is 0 Å². The van der Waals surface area contributed by atoms with E-state index in [9.17, 15) is 0 Å². The van der Waals surface area contributed by atoms with Crippen LogP contribution < -0.4 is 0 Å². The summed E-state index contributed by atoms with van der Waals surface area (Å²) in [5.74, 6) is 3.02. The zero-order valence-corrected chi connectivity index (χ0v) is 16.2. The van der Waals surface area contributed by atoms with Crippen molar-refractivity contribution >= 4 is 28.4 Å². The van der Waals surface area contributed by atoms with Crippen molar-refractivity contribution in [1.29, 1.82) is 0 Å². The van der Waals surface area contributed by atoms with Crippen LogP contribution in [0, 0.1) is 17.8 Å². The van der Waals surface area contributed by atoms with Gasteiger partial charge in [-0.2, -0.15) is 0 Å². The fraction of sp³-hybridized carbons (Fsp3) is 0.947. The number of rotatable bonds is 6. The first-order chi connectivity index (χ1) is 10.7. The predicted molar refractivity (Wildman–Crippen MR) is 103 cm³/mol. The van der Waals surface area contributed by atoms with Gasteiger partial charge in [-0.1, -0.05) is 57.2 Å². The molecule has 0 radical (unpaired) electrons. The molecule has 2 aliphatic rings. The lowest BCUT2D eigenvalue weighted by Crippen LogP contribution is -2.29. The highest BCUT2D eigenvalue weighted by Gasteiger charge is 2.31. The number of unbranched alkanes of at least 4 members (excludes halogenated alkanes) is 2. The molecule has 0 aromatic heterocycles. The molecular formula is C19H34OS2. The molecule has 3 heteroatoms. The molecule has 0 unspecified atom stereocenters. The van der Waals surface area contributed by atoms with Crippen molar-refractivity contribution < 1.29 is 4.74 Å². The molecule has 0 aliphatic heterocycles. The third kappa shape index (κ3) is 6.03. The van der Waals surface area contributed by atoms with Crippen LogP contribution in [0.15, 0.2) is 0 Å². The minimum Gasteiger partial charge on any atom is -0.475 e. The largest absolute Gasteiger partial charge is 0.475 e. The topological polar surface area (TPSA) is 9.23 Å². The molecular weight excluding hydrogens is 308 g/mol. The van der Waals surface area contributed by atoms with E-state index < -0.39 is 0 Å². The summed E-state index contributed by atoms with van der Waals surface area (Å²) in [5, 5.41) is 0. The Labute approximate surface area is 147 Å². The zero-order chi connectivity index (χ0) is 15.8. The maximum Gasteiger partial charge on any atom is 0.219 e. The Morgan fingerprint density at radius 1 is 0.955 bits per heavy atom. The van der Waals surface area contributed by atoms with Gasteiger partial charge in [0.2, 0.25) is 4.38 Å². The molecule has 0 aromatic rings. The first-order valence-electron chi connectivity index (χ1n) is 9.47. The molecule has 0 spiro atoms. The van der Waals surface area contributed by atoms with E-state index in [0.717, 1.165) is 22.1 Å². The third-order valence-electron chi connectivity index (χ3n) is 5.92. The van der Waals surface area contributed by atoms with Crippen LogP contribution in [0.1, 0.15) is 84.0 Å². The van der Waals surface area contributed by atoms with E-state index in [4.69, 9.17) is 17.0 Å². The highest BCUT2D eigenvalue weighted by Crippen LogP contribution is 2.41. The van der Waals surface area contributed by atoms with E-state index in [1.54, 1.807) is 11.8 Å². The monoisotopic (exact) mass is 342 g/mol. The number of hydrogen-bond acceptors (Lipinski definition) is 3. The highest BCUT2D eigenvalue weighted by molar-refractivity contribution is 8.22. The Morgan fingerprint density at radius 2 is 1.55 bits per heavy atom. The number of ether oxygens (including phenoxy) is 1. The summed E-state index contributed by atoms with van der Waals surface area (Å²) in [5.41, 5.74) is 0. The van der Waals surface area contributed by atoms with E-state index in [-0.39, 0.29) is 0 Å². The predicted octanol–water partition coefficient (Wildman–Crippen LogP) is 6.60. The van der Waals surface area contributed by atoms with Crippen molar-refractivity contribution in [2.75, 3.05) is 6.26 Å². The summed E-state index contributed by atoms with van der Waals surface area (Å²) in [7, 11) is 0. The molecule has 1 nitrogen and oxygen atoms in total. The van der Waals surface area contributed by atoms with Crippen molar-refractivity contribution in [3.8, 4) is 0 Å². The fourth-order valence-electron chi connectivity index (χ4n) is 4.49. The summed E-state index contributed by atoms with van der Waals surface area (Å²) in [6.07, 6.45) is 19.3. The van der Waals surface area contributed by atoms with Gasteiger partial charge < -0.3 is 4.74 Å². The molecule has 2 aliphatic carbocycles. The van der Waals surface area contributed by atoms with Crippen LogP contribution in [0.2, 0.25) is 0 Å². The third-order valence-corrected chi connectivity index (χ3v) is 6.95. The van der Waals surface area contributed by atoms with Gasteiger partial charge in [0.1, 0.15) is 6.10 Å². The summed E-state index contributed by atoms with van der Waals surface area (Å²) in [4.78, 5) is 0. The van der Waals surface area contributed by atoms with Gasteiger partial charge in [-0.25, -0.2) is 0 Å². The molecule has 2 fully saturated rings. The van der Waals surface area contributed by atoms with Crippen LogP contribution in [0.25, 0.3) is 0 Å². The molecule has 0 N–H and O–H groups in total. The van der Waals surface area contributed by atoms with Gasteiger partial charge in [0.05, 0.1) is 0 Å². The quantitative estimate of drug-likeness (QED) is 0.398. The Morgan fingerprint density at radius 3 is 2.09 bits per heavy atom. The second-order valence-electron chi connectivity index (χ2n) is 7.39. The molecule has 2 rings (SSSR count). The SMILES string of the molecule is CCCCCC1CCC(C2CCC(OC(=S)SC)CC2)CC1. The van der Waals surface area contributed by atoms with Crippen molar-refractivity contribution in [3.63, 3.8) is 0 Å². The Balaban J connectivity index is 1.63.